The van der Waals surface area contributed by atoms with Crippen LogP contribution in [-0.2, 0) is 11.2 Å². The minimum absolute atomic E-state index is 0.0707. The number of nitrogens with zero attached hydrogens (tertiary/aromatic N) is 1. The van der Waals surface area contributed by atoms with E-state index in [-0.39, 0.29) is 11.9 Å². The van der Waals surface area contributed by atoms with Crippen molar-refractivity contribution >= 4 is 17.2 Å². The van der Waals surface area contributed by atoms with E-state index in [0.717, 1.165) is 36.6 Å². The first kappa shape index (κ1) is 14.1. The molecule has 1 heterocycles. The summed E-state index contributed by atoms with van der Waals surface area (Å²) in [5.41, 5.74) is 1.10. The molecule has 0 radical (unpaired) electrons. The third-order valence-electron chi connectivity index (χ3n) is 2.44. The summed E-state index contributed by atoms with van der Waals surface area (Å²) >= 11 is 1.66. The van der Waals surface area contributed by atoms with E-state index in [1.54, 1.807) is 11.3 Å². The number of carbonyl (C=O) groups excluding carboxylic acids is 1. The van der Waals surface area contributed by atoms with Crippen molar-refractivity contribution < 1.29 is 4.79 Å². The Morgan fingerprint density at radius 1 is 1.53 bits per heavy atom. The third kappa shape index (κ3) is 5.28. The van der Waals surface area contributed by atoms with E-state index < -0.39 is 0 Å². The maximum Gasteiger partial charge on any atom is 0.236 e. The van der Waals surface area contributed by atoms with E-state index in [2.05, 4.69) is 21.0 Å². The van der Waals surface area contributed by atoms with Gasteiger partial charge in [0.05, 0.1) is 16.7 Å². The second-order valence-electron chi connectivity index (χ2n) is 4.07. The van der Waals surface area contributed by atoms with Crippen LogP contribution in [0.3, 0.4) is 0 Å². The zero-order valence-electron chi connectivity index (χ0n) is 10.7. The molecule has 1 rings (SSSR count). The van der Waals surface area contributed by atoms with E-state index in [1.165, 1.54) is 0 Å². The molecule has 17 heavy (non-hydrogen) atoms. The molecule has 2 N–H and O–H groups in total. The summed E-state index contributed by atoms with van der Waals surface area (Å²) in [6, 6.07) is -0.138. The van der Waals surface area contributed by atoms with Gasteiger partial charge in [0.2, 0.25) is 5.91 Å². The van der Waals surface area contributed by atoms with Crippen molar-refractivity contribution in [2.75, 3.05) is 13.1 Å². The summed E-state index contributed by atoms with van der Waals surface area (Å²) in [5, 5.41) is 9.23. The molecule has 1 unspecified atom stereocenters. The number of rotatable bonds is 7. The van der Waals surface area contributed by atoms with Gasteiger partial charge in [-0.1, -0.05) is 6.92 Å². The van der Waals surface area contributed by atoms with Crippen LogP contribution in [0.5, 0.6) is 0 Å². The molecule has 1 atom stereocenters. The van der Waals surface area contributed by atoms with Gasteiger partial charge in [0.1, 0.15) is 0 Å². The molecule has 0 bridgehead atoms. The maximum absolute atomic E-state index is 11.6. The van der Waals surface area contributed by atoms with Crippen LogP contribution in [0.1, 0.15) is 31.0 Å². The Morgan fingerprint density at radius 3 is 2.88 bits per heavy atom. The molecule has 1 aromatic heterocycles. The van der Waals surface area contributed by atoms with E-state index in [1.807, 2.05) is 20.8 Å². The Balaban J connectivity index is 2.19. The molecule has 0 aliphatic heterocycles. The first-order chi connectivity index (χ1) is 8.13. The number of hydrogen-bond acceptors (Lipinski definition) is 4. The number of amides is 1. The van der Waals surface area contributed by atoms with Gasteiger partial charge in [-0.25, -0.2) is 4.98 Å². The van der Waals surface area contributed by atoms with E-state index in [0.29, 0.717) is 0 Å². The highest BCUT2D eigenvalue weighted by atomic mass is 32.1. The topological polar surface area (TPSA) is 54.0 Å². The number of aryl methyl sites for hydroxylation is 1. The molecule has 0 saturated heterocycles. The SMILES string of the molecule is CCCNC(=O)C(C)NCCc1csc(C)n1. The molecule has 1 amide bonds. The summed E-state index contributed by atoms with van der Waals surface area (Å²) < 4.78 is 0. The molecule has 0 fully saturated rings. The van der Waals surface area contributed by atoms with Gasteiger partial charge < -0.3 is 10.6 Å². The Labute approximate surface area is 107 Å². The molecule has 1 aromatic rings. The van der Waals surface area contributed by atoms with Crippen molar-refractivity contribution in [3.8, 4) is 0 Å². The Kier molecular flexibility index (Phi) is 6.15. The van der Waals surface area contributed by atoms with Gasteiger partial charge >= 0.3 is 0 Å². The molecule has 0 aromatic carbocycles. The largest absolute Gasteiger partial charge is 0.355 e. The minimum Gasteiger partial charge on any atom is -0.355 e. The van der Waals surface area contributed by atoms with E-state index >= 15 is 0 Å². The van der Waals surface area contributed by atoms with E-state index in [9.17, 15) is 4.79 Å². The molecule has 96 valence electrons. The van der Waals surface area contributed by atoms with Crippen LogP contribution in [0.25, 0.3) is 0 Å². The summed E-state index contributed by atoms with van der Waals surface area (Å²) in [6.07, 6.45) is 1.84. The molecule has 0 aliphatic rings. The summed E-state index contributed by atoms with van der Waals surface area (Å²) in [7, 11) is 0. The summed E-state index contributed by atoms with van der Waals surface area (Å²) in [5.74, 6) is 0.0707. The maximum atomic E-state index is 11.6. The number of nitrogens with one attached hydrogen (secondary N) is 2. The summed E-state index contributed by atoms with van der Waals surface area (Å²) in [6.45, 7) is 7.46. The Bertz CT molecular complexity index is 351. The van der Waals surface area contributed by atoms with Gasteiger partial charge in [-0.2, -0.15) is 0 Å². The molecule has 0 saturated carbocycles. The highest BCUT2D eigenvalue weighted by molar-refractivity contribution is 7.09. The van der Waals surface area contributed by atoms with Gasteiger partial charge in [0.15, 0.2) is 0 Å². The van der Waals surface area contributed by atoms with Gasteiger partial charge in [0, 0.05) is 24.9 Å². The fourth-order valence-electron chi connectivity index (χ4n) is 1.43. The van der Waals surface area contributed by atoms with Gasteiger partial charge in [-0.05, 0) is 20.3 Å². The Morgan fingerprint density at radius 2 is 2.29 bits per heavy atom. The van der Waals surface area contributed by atoms with Crippen molar-refractivity contribution in [3.63, 3.8) is 0 Å². The number of thiazole rings is 1. The fourth-order valence-corrected chi connectivity index (χ4v) is 2.08. The first-order valence-electron chi connectivity index (χ1n) is 6.05. The van der Waals surface area contributed by atoms with Gasteiger partial charge in [0.25, 0.3) is 0 Å². The fraction of sp³-hybridized carbons (Fsp3) is 0.667. The van der Waals surface area contributed by atoms with Crippen molar-refractivity contribution in [2.45, 2.75) is 39.7 Å². The van der Waals surface area contributed by atoms with Crippen LogP contribution < -0.4 is 10.6 Å². The molecular formula is C12H21N3OS. The zero-order chi connectivity index (χ0) is 12.7. The number of aromatic nitrogens is 1. The highest BCUT2D eigenvalue weighted by Gasteiger charge is 2.10. The summed E-state index contributed by atoms with van der Waals surface area (Å²) in [4.78, 5) is 15.9. The predicted molar refractivity (Wildman–Crippen MR) is 71.3 cm³/mol. The van der Waals surface area contributed by atoms with E-state index in [4.69, 9.17) is 0 Å². The normalized spacial score (nSPS) is 12.4. The van der Waals surface area contributed by atoms with Crippen molar-refractivity contribution in [3.05, 3.63) is 16.1 Å². The van der Waals surface area contributed by atoms with Crippen molar-refractivity contribution in [1.29, 1.82) is 0 Å². The monoisotopic (exact) mass is 255 g/mol. The quantitative estimate of drug-likeness (QED) is 0.776. The minimum atomic E-state index is -0.138. The van der Waals surface area contributed by atoms with Crippen LogP contribution in [-0.4, -0.2) is 30.0 Å². The van der Waals surface area contributed by atoms with Crippen LogP contribution >= 0.6 is 11.3 Å². The number of carbonyl (C=O) groups is 1. The van der Waals surface area contributed by atoms with Crippen LogP contribution in [0.15, 0.2) is 5.38 Å². The standard InChI is InChI=1S/C12H21N3OS/c1-4-6-14-12(16)9(2)13-7-5-11-8-17-10(3)15-11/h8-9,13H,4-7H2,1-3H3,(H,14,16). The Hall–Kier alpha value is -0.940. The van der Waals surface area contributed by atoms with Crippen LogP contribution in [0.4, 0.5) is 0 Å². The molecule has 0 aliphatic carbocycles. The zero-order valence-corrected chi connectivity index (χ0v) is 11.6. The smallest absolute Gasteiger partial charge is 0.236 e. The molecule has 4 nitrogen and oxygen atoms in total. The van der Waals surface area contributed by atoms with Crippen molar-refractivity contribution in [1.82, 2.24) is 15.6 Å². The molecule has 5 heteroatoms. The van der Waals surface area contributed by atoms with Crippen LogP contribution in [0, 0.1) is 6.92 Å². The van der Waals surface area contributed by atoms with Crippen LogP contribution in [0.2, 0.25) is 0 Å². The lowest BCUT2D eigenvalue weighted by atomic mass is 10.2. The lowest BCUT2D eigenvalue weighted by Gasteiger charge is -2.13. The average Bonchev–Trinajstić information content (AvgIpc) is 2.71. The van der Waals surface area contributed by atoms with Crippen molar-refractivity contribution in [2.24, 2.45) is 0 Å². The predicted octanol–water partition coefficient (Wildman–Crippen LogP) is 1.50. The lowest BCUT2D eigenvalue weighted by Crippen LogP contribution is -2.43. The lowest BCUT2D eigenvalue weighted by molar-refractivity contribution is -0.122. The second-order valence-corrected chi connectivity index (χ2v) is 5.14. The van der Waals surface area contributed by atoms with Gasteiger partial charge in [-0.15, -0.1) is 11.3 Å². The second kappa shape index (κ2) is 7.40. The number of hydrogen-bond donors (Lipinski definition) is 2. The van der Waals surface area contributed by atoms with Gasteiger partial charge in [-0.3, -0.25) is 4.79 Å². The molecule has 0 spiro atoms. The third-order valence-corrected chi connectivity index (χ3v) is 3.26. The average molecular weight is 255 g/mol. The molecular weight excluding hydrogens is 234 g/mol. The first-order valence-corrected chi connectivity index (χ1v) is 6.93. The highest BCUT2D eigenvalue weighted by Crippen LogP contribution is 2.07.